The molecule has 0 aromatic rings. The summed E-state index contributed by atoms with van der Waals surface area (Å²) in [5.74, 6) is -1.14. The van der Waals surface area contributed by atoms with E-state index in [1.54, 1.807) is 13.0 Å². The van der Waals surface area contributed by atoms with Crippen LogP contribution in [0.5, 0.6) is 0 Å². The zero-order chi connectivity index (χ0) is 18.3. The summed E-state index contributed by atoms with van der Waals surface area (Å²) in [6.07, 6.45) is 4.21. The maximum Gasteiger partial charge on any atom is 0.323 e. The van der Waals surface area contributed by atoms with E-state index < -0.39 is 25.7 Å². The number of allylic oxidation sites excluding steroid dienone is 1. The summed E-state index contributed by atoms with van der Waals surface area (Å²) in [5, 5.41) is 0.145. The van der Waals surface area contributed by atoms with Gasteiger partial charge in [-0.25, -0.2) is 0 Å². The van der Waals surface area contributed by atoms with Gasteiger partial charge in [0.2, 0.25) is 0 Å². The third kappa shape index (κ3) is 5.46. The van der Waals surface area contributed by atoms with Gasteiger partial charge in [-0.2, -0.15) is 0 Å². The SMILES string of the molecule is CCC(C/C=C/CO[Si](C)(C)C(C)(C)C)(C(=O)OC)C(=O)OC. The minimum atomic E-state index is -1.80. The maximum atomic E-state index is 12.0. The van der Waals surface area contributed by atoms with Crippen molar-refractivity contribution in [3.05, 3.63) is 12.2 Å². The van der Waals surface area contributed by atoms with Crippen molar-refractivity contribution in [1.82, 2.24) is 0 Å². The number of hydrogen-bond donors (Lipinski definition) is 0. The zero-order valence-corrected chi connectivity index (χ0v) is 16.8. The first-order valence-electron chi connectivity index (χ1n) is 7.94. The summed E-state index contributed by atoms with van der Waals surface area (Å²) >= 11 is 0. The lowest BCUT2D eigenvalue weighted by Gasteiger charge is -2.35. The highest BCUT2D eigenvalue weighted by atomic mass is 28.4. The average molecular weight is 345 g/mol. The molecule has 0 fully saturated rings. The van der Waals surface area contributed by atoms with Crippen molar-refractivity contribution in [2.24, 2.45) is 5.41 Å². The van der Waals surface area contributed by atoms with E-state index in [1.165, 1.54) is 14.2 Å². The molecule has 0 unspecified atom stereocenters. The zero-order valence-electron chi connectivity index (χ0n) is 15.8. The first kappa shape index (κ1) is 21.9. The number of carbonyl (C=O) groups excluding carboxylic acids is 2. The van der Waals surface area contributed by atoms with Gasteiger partial charge in [-0.05, 0) is 31.0 Å². The topological polar surface area (TPSA) is 61.8 Å². The standard InChI is InChI=1S/C17H32O5Si/c1-9-17(14(18)20-5,15(19)21-6)12-10-11-13-22-23(7,8)16(2,3)4/h10-11H,9,12-13H2,1-8H3/b11-10+. The number of rotatable bonds is 8. The van der Waals surface area contributed by atoms with Crippen molar-refractivity contribution in [1.29, 1.82) is 0 Å². The van der Waals surface area contributed by atoms with E-state index >= 15 is 0 Å². The Morgan fingerprint density at radius 1 is 1.00 bits per heavy atom. The summed E-state index contributed by atoms with van der Waals surface area (Å²) in [6, 6.07) is 0. The van der Waals surface area contributed by atoms with Crippen LogP contribution in [0.25, 0.3) is 0 Å². The fraction of sp³-hybridized carbons (Fsp3) is 0.765. The molecule has 0 atom stereocenters. The van der Waals surface area contributed by atoms with Crippen LogP contribution in [0, 0.1) is 5.41 Å². The van der Waals surface area contributed by atoms with Crippen molar-refractivity contribution < 1.29 is 23.5 Å². The largest absolute Gasteiger partial charge is 0.468 e. The Kier molecular flexibility index (Phi) is 8.21. The Morgan fingerprint density at radius 3 is 1.83 bits per heavy atom. The first-order valence-corrected chi connectivity index (χ1v) is 10.8. The van der Waals surface area contributed by atoms with E-state index in [2.05, 4.69) is 33.9 Å². The summed E-state index contributed by atoms with van der Waals surface area (Å²) in [7, 11) is 0.754. The minimum Gasteiger partial charge on any atom is -0.468 e. The molecule has 0 aliphatic rings. The molecular formula is C17H32O5Si. The maximum absolute atomic E-state index is 12.0. The van der Waals surface area contributed by atoms with Gasteiger partial charge in [0.1, 0.15) is 0 Å². The Labute approximate surface area is 141 Å². The van der Waals surface area contributed by atoms with Gasteiger partial charge < -0.3 is 13.9 Å². The van der Waals surface area contributed by atoms with Crippen LogP contribution in [-0.4, -0.2) is 41.1 Å². The second-order valence-corrected chi connectivity index (χ2v) is 12.0. The molecule has 6 heteroatoms. The highest BCUT2D eigenvalue weighted by molar-refractivity contribution is 6.74. The van der Waals surface area contributed by atoms with Crippen molar-refractivity contribution in [2.75, 3.05) is 20.8 Å². The highest BCUT2D eigenvalue weighted by Crippen LogP contribution is 2.36. The van der Waals surface area contributed by atoms with E-state index in [1.807, 2.05) is 6.08 Å². The van der Waals surface area contributed by atoms with Gasteiger partial charge in [-0.1, -0.05) is 39.8 Å². The van der Waals surface area contributed by atoms with Crippen LogP contribution in [0.1, 0.15) is 40.5 Å². The molecule has 0 saturated carbocycles. The number of ether oxygens (including phenoxy) is 2. The second-order valence-electron chi connectivity index (χ2n) is 7.17. The number of carbonyl (C=O) groups is 2. The van der Waals surface area contributed by atoms with Crippen LogP contribution in [0.2, 0.25) is 18.1 Å². The quantitative estimate of drug-likeness (QED) is 0.291. The molecule has 0 N–H and O–H groups in total. The summed E-state index contributed by atoms with van der Waals surface area (Å²) in [4.78, 5) is 24.1. The van der Waals surface area contributed by atoms with Gasteiger partial charge in [-0.3, -0.25) is 9.59 Å². The Bertz CT molecular complexity index is 419. The summed E-state index contributed by atoms with van der Waals surface area (Å²) in [6.45, 7) is 13.1. The van der Waals surface area contributed by atoms with E-state index in [4.69, 9.17) is 13.9 Å². The third-order valence-corrected chi connectivity index (χ3v) is 9.24. The lowest BCUT2D eigenvalue weighted by atomic mass is 9.81. The second kappa shape index (κ2) is 8.64. The van der Waals surface area contributed by atoms with Crippen molar-refractivity contribution >= 4 is 20.3 Å². The molecule has 0 aliphatic heterocycles. The Balaban J connectivity index is 4.89. The molecule has 0 amide bonds. The lowest BCUT2D eigenvalue weighted by Crippen LogP contribution is -2.41. The van der Waals surface area contributed by atoms with Crippen LogP contribution in [0.15, 0.2) is 12.2 Å². The lowest BCUT2D eigenvalue weighted by molar-refractivity contribution is -0.169. The monoisotopic (exact) mass is 344 g/mol. The molecule has 0 saturated heterocycles. The molecule has 134 valence electrons. The molecule has 0 bridgehead atoms. The number of methoxy groups -OCH3 is 2. The van der Waals surface area contributed by atoms with Crippen molar-refractivity contribution in [3.63, 3.8) is 0 Å². The molecule has 23 heavy (non-hydrogen) atoms. The minimum absolute atomic E-state index is 0.145. The van der Waals surface area contributed by atoms with Gasteiger partial charge in [0.25, 0.3) is 0 Å². The van der Waals surface area contributed by atoms with Crippen LogP contribution in [0.4, 0.5) is 0 Å². The van der Waals surface area contributed by atoms with E-state index in [0.29, 0.717) is 13.0 Å². The Morgan fingerprint density at radius 2 is 1.48 bits per heavy atom. The van der Waals surface area contributed by atoms with E-state index in [0.717, 1.165) is 0 Å². The predicted octanol–water partition coefficient (Wildman–Crippen LogP) is 3.70. The normalized spacial score (nSPS) is 13.2. The van der Waals surface area contributed by atoms with Crippen molar-refractivity contribution in [2.45, 2.75) is 58.7 Å². The van der Waals surface area contributed by atoms with Gasteiger partial charge >= 0.3 is 11.9 Å². The molecular weight excluding hydrogens is 312 g/mol. The number of esters is 2. The Hall–Kier alpha value is -1.14. The smallest absolute Gasteiger partial charge is 0.323 e. The number of hydrogen-bond acceptors (Lipinski definition) is 5. The van der Waals surface area contributed by atoms with Crippen LogP contribution >= 0.6 is 0 Å². The predicted molar refractivity (Wildman–Crippen MR) is 93.7 cm³/mol. The summed E-state index contributed by atoms with van der Waals surface area (Å²) < 4.78 is 15.6. The molecule has 0 aliphatic carbocycles. The molecule has 0 aromatic heterocycles. The van der Waals surface area contributed by atoms with Gasteiger partial charge in [0, 0.05) is 0 Å². The van der Waals surface area contributed by atoms with Gasteiger partial charge in [0.05, 0.1) is 20.8 Å². The molecule has 0 spiro atoms. The van der Waals surface area contributed by atoms with Crippen LogP contribution in [-0.2, 0) is 23.5 Å². The first-order chi connectivity index (χ1) is 10.5. The van der Waals surface area contributed by atoms with Crippen molar-refractivity contribution in [3.8, 4) is 0 Å². The highest BCUT2D eigenvalue weighted by Gasteiger charge is 2.45. The molecule has 0 aromatic carbocycles. The van der Waals surface area contributed by atoms with Gasteiger partial charge in [-0.15, -0.1) is 0 Å². The van der Waals surface area contributed by atoms with Gasteiger partial charge in [0.15, 0.2) is 13.7 Å². The molecule has 0 rings (SSSR count). The molecule has 0 heterocycles. The van der Waals surface area contributed by atoms with E-state index in [-0.39, 0.29) is 11.5 Å². The van der Waals surface area contributed by atoms with Crippen LogP contribution < -0.4 is 0 Å². The molecule has 5 nitrogen and oxygen atoms in total. The molecule has 0 radical (unpaired) electrons. The van der Waals surface area contributed by atoms with E-state index in [9.17, 15) is 9.59 Å². The fourth-order valence-corrected chi connectivity index (χ4v) is 2.85. The summed E-state index contributed by atoms with van der Waals surface area (Å²) in [5.41, 5.74) is -1.28. The third-order valence-electron chi connectivity index (χ3n) is 4.74. The average Bonchev–Trinajstić information content (AvgIpc) is 2.48. The fourth-order valence-electron chi connectivity index (χ4n) is 1.90. The van der Waals surface area contributed by atoms with Crippen LogP contribution in [0.3, 0.4) is 0 Å².